The predicted molar refractivity (Wildman–Crippen MR) is 91.6 cm³/mol. The van der Waals surface area contributed by atoms with Crippen LogP contribution in [0.5, 0.6) is 23.0 Å². The lowest BCUT2D eigenvalue weighted by Crippen LogP contribution is -2.18. The van der Waals surface area contributed by atoms with Crippen LogP contribution in [0.25, 0.3) is 0 Å². The van der Waals surface area contributed by atoms with Gasteiger partial charge in [-0.1, -0.05) is 12.1 Å². The zero-order valence-electron chi connectivity index (χ0n) is 14.4. The van der Waals surface area contributed by atoms with Gasteiger partial charge < -0.3 is 23.7 Å². The lowest BCUT2D eigenvalue weighted by molar-refractivity contribution is 0.0472. The zero-order chi connectivity index (χ0) is 18.5. The number of hydrogen-bond acceptors (Lipinski definition) is 7. The Labute approximate surface area is 150 Å². The van der Waals surface area contributed by atoms with Gasteiger partial charge in [-0.3, -0.25) is 4.79 Å². The molecule has 2 aromatic rings. The van der Waals surface area contributed by atoms with Crippen LogP contribution in [0.1, 0.15) is 20.7 Å². The largest absolute Gasteiger partial charge is 0.496 e. The van der Waals surface area contributed by atoms with E-state index < -0.39 is 12.6 Å². The normalized spacial score (nSPS) is 12.2. The van der Waals surface area contributed by atoms with Gasteiger partial charge in [0, 0.05) is 0 Å². The molecule has 0 aliphatic carbocycles. The van der Waals surface area contributed by atoms with Crippen molar-refractivity contribution >= 4 is 11.8 Å². The van der Waals surface area contributed by atoms with Crippen molar-refractivity contribution in [3.05, 3.63) is 47.5 Å². The van der Waals surface area contributed by atoms with E-state index in [2.05, 4.69) is 0 Å². The van der Waals surface area contributed by atoms with Crippen molar-refractivity contribution in [1.82, 2.24) is 0 Å². The number of esters is 1. The Hall–Kier alpha value is -3.22. The Balaban J connectivity index is 1.73. The second-order valence-electron chi connectivity index (χ2n) is 5.40. The van der Waals surface area contributed by atoms with E-state index in [4.69, 9.17) is 23.7 Å². The molecule has 0 saturated carbocycles. The molecule has 0 unspecified atom stereocenters. The second kappa shape index (κ2) is 7.77. The number of para-hydroxylation sites is 1. The van der Waals surface area contributed by atoms with Crippen molar-refractivity contribution in [2.75, 3.05) is 34.0 Å². The second-order valence-corrected chi connectivity index (χ2v) is 5.40. The minimum Gasteiger partial charge on any atom is -0.496 e. The summed E-state index contributed by atoms with van der Waals surface area (Å²) in [5, 5.41) is 0. The third-order valence-electron chi connectivity index (χ3n) is 3.81. The monoisotopic (exact) mass is 358 g/mol. The highest BCUT2D eigenvalue weighted by molar-refractivity contribution is 6.01. The van der Waals surface area contributed by atoms with Gasteiger partial charge >= 0.3 is 5.97 Å². The zero-order valence-corrected chi connectivity index (χ0v) is 14.4. The van der Waals surface area contributed by atoms with E-state index in [1.807, 2.05) is 0 Å². The lowest BCUT2D eigenvalue weighted by atomic mass is 10.1. The van der Waals surface area contributed by atoms with E-state index >= 15 is 0 Å². The van der Waals surface area contributed by atoms with Crippen molar-refractivity contribution in [2.24, 2.45) is 0 Å². The van der Waals surface area contributed by atoms with Crippen molar-refractivity contribution in [1.29, 1.82) is 0 Å². The van der Waals surface area contributed by atoms with Gasteiger partial charge in [-0.15, -0.1) is 0 Å². The average molecular weight is 358 g/mol. The fourth-order valence-corrected chi connectivity index (χ4v) is 2.56. The number of methoxy groups -OCH3 is 2. The third kappa shape index (κ3) is 3.56. The number of ketones is 1. The maximum Gasteiger partial charge on any atom is 0.338 e. The van der Waals surface area contributed by atoms with Crippen molar-refractivity contribution in [2.45, 2.75) is 0 Å². The van der Waals surface area contributed by atoms with Crippen LogP contribution in [-0.4, -0.2) is 45.8 Å². The molecule has 1 aliphatic rings. The molecule has 0 saturated heterocycles. The summed E-state index contributed by atoms with van der Waals surface area (Å²) < 4.78 is 26.5. The molecule has 0 amide bonds. The highest BCUT2D eigenvalue weighted by atomic mass is 16.6. The Morgan fingerprint density at radius 1 is 1.00 bits per heavy atom. The van der Waals surface area contributed by atoms with Gasteiger partial charge in [0.05, 0.1) is 25.3 Å². The van der Waals surface area contributed by atoms with Crippen LogP contribution in [-0.2, 0) is 4.74 Å². The summed E-state index contributed by atoms with van der Waals surface area (Å²) in [4.78, 5) is 24.6. The molecule has 0 spiro atoms. The van der Waals surface area contributed by atoms with Crippen LogP contribution in [0.3, 0.4) is 0 Å². The van der Waals surface area contributed by atoms with E-state index in [9.17, 15) is 9.59 Å². The highest BCUT2D eigenvalue weighted by Gasteiger charge is 2.22. The average Bonchev–Trinajstić information content (AvgIpc) is 2.70. The molecule has 0 atom stereocenters. The quantitative estimate of drug-likeness (QED) is 0.580. The molecule has 0 N–H and O–H groups in total. The van der Waals surface area contributed by atoms with Crippen LogP contribution >= 0.6 is 0 Å². The molecule has 2 aromatic carbocycles. The molecular weight excluding hydrogens is 340 g/mol. The number of Topliss-reactive ketones (excluding diaryl/α,β-unsaturated/α-hetero) is 1. The van der Waals surface area contributed by atoms with Crippen LogP contribution in [0.15, 0.2) is 36.4 Å². The maximum absolute atomic E-state index is 12.3. The number of rotatable bonds is 6. The minimum atomic E-state index is -0.663. The molecule has 0 radical (unpaired) electrons. The number of carbonyl (C=O) groups excluding carboxylic acids is 2. The maximum atomic E-state index is 12.3. The minimum absolute atomic E-state index is 0.207. The summed E-state index contributed by atoms with van der Waals surface area (Å²) in [6.45, 7) is 0.372. The molecule has 7 nitrogen and oxygen atoms in total. The lowest BCUT2D eigenvalue weighted by Gasteiger charge is -2.21. The number of benzene rings is 2. The summed E-state index contributed by atoms with van der Waals surface area (Å²) >= 11 is 0. The summed E-state index contributed by atoms with van der Waals surface area (Å²) in [5.74, 6) is 0.614. The van der Waals surface area contributed by atoms with Gasteiger partial charge in [0.2, 0.25) is 11.5 Å². The highest BCUT2D eigenvalue weighted by Crippen LogP contribution is 2.40. The van der Waals surface area contributed by atoms with E-state index in [-0.39, 0.29) is 11.3 Å². The SMILES string of the molecule is COc1ccccc1C(=O)COC(=O)c1cc(OC)c2c(c1)OCCO2. The molecule has 26 heavy (non-hydrogen) atoms. The van der Waals surface area contributed by atoms with Gasteiger partial charge in [-0.25, -0.2) is 4.79 Å². The summed E-state index contributed by atoms with van der Waals surface area (Å²) in [6, 6.07) is 9.74. The molecule has 7 heteroatoms. The summed E-state index contributed by atoms with van der Waals surface area (Å²) in [6.07, 6.45) is 0. The molecule has 1 aliphatic heterocycles. The van der Waals surface area contributed by atoms with E-state index in [0.29, 0.717) is 41.8 Å². The molecule has 3 rings (SSSR count). The topological polar surface area (TPSA) is 80.3 Å². The standard InChI is InChI=1S/C19H18O7/c1-22-15-6-4-3-5-13(15)14(20)11-26-19(21)12-9-16(23-2)18-17(10-12)24-7-8-25-18/h3-6,9-10H,7-8,11H2,1-2H3. The Bertz CT molecular complexity index is 811. The van der Waals surface area contributed by atoms with Crippen LogP contribution in [0.4, 0.5) is 0 Å². The molecule has 1 heterocycles. The van der Waals surface area contributed by atoms with E-state index in [1.54, 1.807) is 24.3 Å². The molecule has 0 fully saturated rings. The van der Waals surface area contributed by atoms with Crippen molar-refractivity contribution in [3.8, 4) is 23.0 Å². The van der Waals surface area contributed by atoms with Crippen LogP contribution in [0.2, 0.25) is 0 Å². The van der Waals surface area contributed by atoms with Crippen molar-refractivity contribution in [3.63, 3.8) is 0 Å². The Morgan fingerprint density at radius 2 is 1.73 bits per heavy atom. The molecule has 0 aromatic heterocycles. The first-order valence-electron chi connectivity index (χ1n) is 7.95. The van der Waals surface area contributed by atoms with Crippen LogP contribution < -0.4 is 18.9 Å². The fraction of sp³-hybridized carbons (Fsp3) is 0.263. The first kappa shape index (κ1) is 17.6. The Kier molecular flexibility index (Phi) is 5.26. The van der Waals surface area contributed by atoms with Crippen molar-refractivity contribution < 1.29 is 33.3 Å². The fourth-order valence-electron chi connectivity index (χ4n) is 2.56. The smallest absolute Gasteiger partial charge is 0.338 e. The van der Waals surface area contributed by atoms with Gasteiger partial charge in [0.15, 0.2) is 18.1 Å². The first-order valence-corrected chi connectivity index (χ1v) is 7.95. The van der Waals surface area contributed by atoms with E-state index in [1.165, 1.54) is 26.4 Å². The predicted octanol–water partition coefficient (Wildman–Crippen LogP) is 2.51. The van der Waals surface area contributed by atoms with Gasteiger partial charge in [-0.05, 0) is 24.3 Å². The number of ether oxygens (including phenoxy) is 5. The third-order valence-corrected chi connectivity index (χ3v) is 3.81. The first-order chi connectivity index (χ1) is 12.6. The summed E-state index contributed by atoms with van der Waals surface area (Å²) in [5.41, 5.74) is 0.557. The molecule has 136 valence electrons. The van der Waals surface area contributed by atoms with Gasteiger partial charge in [-0.2, -0.15) is 0 Å². The molecule has 0 bridgehead atoms. The molecular formula is C19H18O7. The Morgan fingerprint density at radius 3 is 2.50 bits per heavy atom. The number of carbonyl (C=O) groups is 2. The number of hydrogen-bond donors (Lipinski definition) is 0. The van der Waals surface area contributed by atoms with Crippen LogP contribution in [0, 0.1) is 0 Å². The summed E-state index contributed by atoms with van der Waals surface area (Å²) in [7, 11) is 2.94. The van der Waals surface area contributed by atoms with Gasteiger partial charge in [0.25, 0.3) is 0 Å². The number of fused-ring (bicyclic) bond motifs is 1. The van der Waals surface area contributed by atoms with Gasteiger partial charge in [0.1, 0.15) is 19.0 Å². The van der Waals surface area contributed by atoms with E-state index in [0.717, 1.165) is 0 Å².